The van der Waals surface area contributed by atoms with E-state index in [-0.39, 0.29) is 18.8 Å². The molecule has 0 aromatic carbocycles. The molecule has 4 heteroatoms. The molecular weight excluding hydrogens is 196 g/mol. The molecule has 90 valence electrons. The zero-order valence-corrected chi connectivity index (χ0v) is 10.3. The summed E-state index contributed by atoms with van der Waals surface area (Å²) in [5, 5.41) is 9.20. The predicted molar refractivity (Wildman–Crippen MR) is 57.5 cm³/mol. The van der Waals surface area contributed by atoms with Gasteiger partial charge in [-0.25, -0.2) is 0 Å². The largest absolute Gasteiger partial charge is 0.465 e. The van der Waals surface area contributed by atoms with Crippen molar-refractivity contribution >= 4 is 5.97 Å². The third kappa shape index (κ3) is 5.14. The van der Waals surface area contributed by atoms with Gasteiger partial charge in [0.05, 0.1) is 25.4 Å². The van der Waals surface area contributed by atoms with Gasteiger partial charge in [0.25, 0.3) is 0 Å². The van der Waals surface area contributed by atoms with Crippen LogP contribution in [0.2, 0.25) is 0 Å². The molecule has 0 aliphatic rings. The molecule has 4 nitrogen and oxygen atoms in total. The fourth-order valence-corrected chi connectivity index (χ4v) is 0.850. The van der Waals surface area contributed by atoms with E-state index < -0.39 is 11.4 Å². The lowest BCUT2D eigenvalue weighted by atomic mass is 9.93. The normalized spacial score (nSPS) is 15.9. The van der Waals surface area contributed by atoms with Crippen LogP contribution in [0.5, 0.6) is 0 Å². The summed E-state index contributed by atoms with van der Waals surface area (Å²) in [6, 6.07) is 0. The number of hydrogen-bond donors (Lipinski definition) is 1. The van der Waals surface area contributed by atoms with Crippen molar-refractivity contribution in [3.05, 3.63) is 0 Å². The Morgan fingerprint density at radius 3 is 2.13 bits per heavy atom. The average molecular weight is 218 g/mol. The van der Waals surface area contributed by atoms with Crippen molar-refractivity contribution in [3.8, 4) is 0 Å². The topological polar surface area (TPSA) is 55.8 Å². The zero-order valence-electron chi connectivity index (χ0n) is 10.3. The molecule has 15 heavy (non-hydrogen) atoms. The van der Waals surface area contributed by atoms with Gasteiger partial charge in [0.2, 0.25) is 0 Å². The minimum Gasteiger partial charge on any atom is -0.465 e. The smallest absolute Gasteiger partial charge is 0.316 e. The highest BCUT2D eigenvalue weighted by Crippen LogP contribution is 2.21. The van der Waals surface area contributed by atoms with Crippen LogP contribution in [0.15, 0.2) is 0 Å². The highest BCUT2D eigenvalue weighted by Gasteiger charge is 2.35. The maximum atomic E-state index is 11.6. The molecule has 0 aliphatic heterocycles. The number of hydrogen-bond acceptors (Lipinski definition) is 4. The average Bonchev–Trinajstić information content (AvgIpc) is 2.13. The molecule has 0 heterocycles. The number of rotatable bonds is 5. The third-order valence-corrected chi connectivity index (χ3v) is 1.94. The first-order valence-electron chi connectivity index (χ1n) is 5.17. The molecule has 0 rings (SSSR count). The van der Waals surface area contributed by atoms with E-state index in [4.69, 9.17) is 9.47 Å². The number of carbonyl (C=O) groups is 1. The summed E-state index contributed by atoms with van der Waals surface area (Å²) in [4.78, 5) is 11.6. The van der Waals surface area contributed by atoms with Gasteiger partial charge in [-0.3, -0.25) is 4.79 Å². The van der Waals surface area contributed by atoms with Gasteiger partial charge in [-0.2, -0.15) is 0 Å². The summed E-state index contributed by atoms with van der Waals surface area (Å²) in [6.07, 6.45) is 0. The summed E-state index contributed by atoms with van der Waals surface area (Å²) in [6.45, 7) is 9.26. The van der Waals surface area contributed by atoms with Crippen molar-refractivity contribution in [1.82, 2.24) is 0 Å². The molecule has 1 N–H and O–H groups in total. The van der Waals surface area contributed by atoms with Crippen molar-refractivity contribution in [2.24, 2.45) is 5.41 Å². The minimum atomic E-state index is -0.969. The van der Waals surface area contributed by atoms with Crippen LogP contribution in [0.25, 0.3) is 0 Å². The predicted octanol–water partition coefficient (Wildman–Crippen LogP) is 1.36. The molecule has 0 aromatic heterocycles. The molecule has 0 unspecified atom stereocenters. The Kier molecular flexibility index (Phi) is 5.24. The monoisotopic (exact) mass is 218 g/mol. The van der Waals surface area contributed by atoms with Gasteiger partial charge < -0.3 is 14.6 Å². The maximum Gasteiger partial charge on any atom is 0.316 e. The van der Waals surface area contributed by atoms with Crippen LogP contribution in [0, 0.1) is 5.41 Å². The molecule has 0 saturated heterocycles. The summed E-state index contributed by atoms with van der Waals surface area (Å²) >= 11 is 0. The van der Waals surface area contributed by atoms with Gasteiger partial charge in [0, 0.05) is 0 Å². The van der Waals surface area contributed by atoms with E-state index in [2.05, 4.69) is 0 Å². The Balaban J connectivity index is 4.37. The lowest BCUT2D eigenvalue weighted by Gasteiger charge is -2.29. The van der Waals surface area contributed by atoms with Gasteiger partial charge in [-0.15, -0.1) is 0 Å². The molecule has 0 amide bonds. The van der Waals surface area contributed by atoms with E-state index >= 15 is 0 Å². The molecular formula is C11H22O4. The third-order valence-electron chi connectivity index (χ3n) is 1.94. The van der Waals surface area contributed by atoms with E-state index in [0.29, 0.717) is 6.61 Å². The van der Waals surface area contributed by atoms with Gasteiger partial charge in [-0.05, 0) is 34.6 Å². The van der Waals surface area contributed by atoms with Crippen molar-refractivity contribution < 1.29 is 19.4 Å². The second kappa shape index (κ2) is 5.47. The highest BCUT2D eigenvalue weighted by molar-refractivity contribution is 5.76. The number of carbonyl (C=O) groups excluding carboxylic acids is 1. The van der Waals surface area contributed by atoms with E-state index in [9.17, 15) is 9.90 Å². The van der Waals surface area contributed by atoms with Crippen LogP contribution in [-0.4, -0.2) is 36.5 Å². The van der Waals surface area contributed by atoms with Gasteiger partial charge >= 0.3 is 5.97 Å². The van der Waals surface area contributed by atoms with Crippen molar-refractivity contribution in [2.75, 3.05) is 19.8 Å². The molecule has 0 spiro atoms. The van der Waals surface area contributed by atoms with Gasteiger partial charge in [0.15, 0.2) is 0 Å². The second-order valence-electron chi connectivity index (χ2n) is 4.84. The molecule has 0 saturated carbocycles. The van der Waals surface area contributed by atoms with E-state index in [1.165, 1.54) is 0 Å². The van der Waals surface area contributed by atoms with Gasteiger partial charge in [0.1, 0.15) is 5.41 Å². The Morgan fingerprint density at radius 1 is 1.27 bits per heavy atom. The SMILES string of the molecule is CCOC(=O)[C@](C)(CO)COC(C)(C)C. The summed E-state index contributed by atoms with van der Waals surface area (Å²) in [7, 11) is 0. The molecule has 0 fully saturated rings. The maximum absolute atomic E-state index is 11.6. The van der Waals surface area contributed by atoms with Crippen LogP contribution < -0.4 is 0 Å². The van der Waals surface area contributed by atoms with Crippen molar-refractivity contribution in [3.63, 3.8) is 0 Å². The Hall–Kier alpha value is -0.610. The quantitative estimate of drug-likeness (QED) is 0.708. The van der Waals surface area contributed by atoms with E-state index in [1.807, 2.05) is 20.8 Å². The highest BCUT2D eigenvalue weighted by atomic mass is 16.5. The van der Waals surface area contributed by atoms with Crippen molar-refractivity contribution in [2.45, 2.75) is 40.2 Å². The first-order chi connectivity index (χ1) is 6.75. The summed E-state index contributed by atoms with van der Waals surface area (Å²) in [5.74, 6) is -0.420. The Bertz CT molecular complexity index is 207. The van der Waals surface area contributed by atoms with Crippen LogP contribution in [0.4, 0.5) is 0 Å². The lowest BCUT2D eigenvalue weighted by Crippen LogP contribution is -2.40. The number of esters is 1. The minimum absolute atomic E-state index is 0.159. The lowest BCUT2D eigenvalue weighted by molar-refractivity contribution is -0.165. The molecule has 0 aromatic rings. The van der Waals surface area contributed by atoms with E-state index in [1.54, 1.807) is 13.8 Å². The van der Waals surface area contributed by atoms with Crippen molar-refractivity contribution in [1.29, 1.82) is 0 Å². The zero-order chi connectivity index (χ0) is 12.1. The first-order valence-corrected chi connectivity index (χ1v) is 5.17. The molecule has 1 atom stereocenters. The summed E-state index contributed by atoms with van der Waals surface area (Å²) < 4.78 is 10.4. The first kappa shape index (κ1) is 14.4. The fraction of sp³-hybridized carbons (Fsp3) is 0.909. The van der Waals surface area contributed by atoms with Crippen LogP contribution in [0.1, 0.15) is 34.6 Å². The van der Waals surface area contributed by atoms with Gasteiger partial charge in [-0.1, -0.05) is 0 Å². The standard InChI is InChI=1S/C11H22O4/c1-6-14-9(13)11(5,7-12)8-15-10(2,3)4/h12H,6-8H2,1-5H3/t11-/m1/s1. The summed E-state index contributed by atoms with van der Waals surface area (Å²) in [5.41, 5.74) is -1.30. The Morgan fingerprint density at radius 2 is 1.80 bits per heavy atom. The van der Waals surface area contributed by atoms with E-state index in [0.717, 1.165) is 0 Å². The van der Waals surface area contributed by atoms with Crippen LogP contribution in [-0.2, 0) is 14.3 Å². The molecule has 0 bridgehead atoms. The van der Waals surface area contributed by atoms with Crippen LogP contribution >= 0.6 is 0 Å². The number of aliphatic hydroxyl groups is 1. The van der Waals surface area contributed by atoms with Crippen LogP contribution in [0.3, 0.4) is 0 Å². The molecule has 0 radical (unpaired) electrons. The molecule has 0 aliphatic carbocycles. The number of ether oxygens (including phenoxy) is 2. The number of aliphatic hydroxyl groups excluding tert-OH is 1. The Labute approximate surface area is 91.6 Å². The second-order valence-corrected chi connectivity index (χ2v) is 4.84. The fourth-order valence-electron chi connectivity index (χ4n) is 0.850.